The monoisotopic (exact) mass is 347 g/mol. The lowest BCUT2D eigenvalue weighted by molar-refractivity contribution is -0.136. The minimum atomic E-state index is -4.62. The van der Waals surface area contributed by atoms with E-state index >= 15 is 0 Å². The molecule has 0 saturated carbocycles. The number of benzene rings is 2. The van der Waals surface area contributed by atoms with E-state index < -0.39 is 23.0 Å². The van der Waals surface area contributed by atoms with Gasteiger partial charge in [-0.2, -0.15) is 13.2 Å². The van der Waals surface area contributed by atoms with Gasteiger partial charge in [0.25, 0.3) is 0 Å². The second kappa shape index (κ2) is 6.08. The quantitative estimate of drug-likeness (QED) is 0.761. The van der Waals surface area contributed by atoms with E-state index in [0.717, 1.165) is 12.1 Å². The maximum Gasteiger partial charge on any atom is 0.417 e. The van der Waals surface area contributed by atoms with Crippen molar-refractivity contribution < 1.29 is 23.0 Å². The molecule has 3 aromatic rings. The minimum absolute atomic E-state index is 0.0353. The molecule has 3 rings (SSSR count). The molecule has 1 N–H and O–H groups in total. The smallest absolute Gasteiger partial charge is 0.417 e. The Morgan fingerprint density at radius 3 is 2.36 bits per heavy atom. The van der Waals surface area contributed by atoms with Crippen LogP contribution in [0.15, 0.2) is 53.3 Å². The molecule has 0 aliphatic rings. The van der Waals surface area contributed by atoms with Crippen LogP contribution < -0.4 is 10.3 Å². The molecular weight excluding hydrogens is 335 g/mol. The summed E-state index contributed by atoms with van der Waals surface area (Å²) >= 11 is 0. The van der Waals surface area contributed by atoms with E-state index in [1.165, 1.54) is 31.4 Å². The van der Waals surface area contributed by atoms with Crippen molar-refractivity contribution in [2.45, 2.75) is 6.18 Å². The van der Waals surface area contributed by atoms with Crippen LogP contribution >= 0.6 is 0 Å². The maximum absolute atomic E-state index is 13.3. The largest absolute Gasteiger partial charge is 0.503 e. The molecule has 7 heteroatoms. The molecule has 2 aromatic carbocycles. The van der Waals surface area contributed by atoms with E-state index in [2.05, 4.69) is 4.98 Å². The summed E-state index contributed by atoms with van der Waals surface area (Å²) in [6, 6.07) is 10.7. The average molecular weight is 347 g/mol. The Hall–Kier alpha value is -3.09. The average Bonchev–Trinajstić information content (AvgIpc) is 2.71. The third kappa shape index (κ3) is 3.13. The van der Waals surface area contributed by atoms with Crippen molar-refractivity contribution in [1.82, 2.24) is 4.98 Å². The number of nitrogens with zero attached hydrogens (tertiary/aromatic N) is 1. The molecule has 128 valence electrons. The summed E-state index contributed by atoms with van der Waals surface area (Å²) in [5.74, 6) is -0.181. The Kier molecular flexibility index (Phi) is 4.08. The molecule has 0 aliphatic carbocycles. The maximum atomic E-state index is 13.3. The van der Waals surface area contributed by atoms with Gasteiger partial charge in [0, 0.05) is 10.9 Å². The summed E-state index contributed by atoms with van der Waals surface area (Å²) < 4.78 is 44.9. The number of aromatic hydroxyl groups is 1. The van der Waals surface area contributed by atoms with Gasteiger partial charge in [-0.25, -0.2) is 4.98 Å². The normalized spacial score (nSPS) is 11.5. The fourth-order valence-corrected chi connectivity index (χ4v) is 2.53. The first-order valence-electron chi connectivity index (χ1n) is 7.20. The molecule has 0 aliphatic heterocycles. The fraction of sp³-hybridized carbons (Fsp3) is 0.111. The van der Waals surface area contributed by atoms with Crippen molar-refractivity contribution >= 4 is 10.9 Å². The van der Waals surface area contributed by atoms with Gasteiger partial charge >= 0.3 is 11.7 Å². The van der Waals surface area contributed by atoms with Gasteiger partial charge in [-0.1, -0.05) is 18.2 Å². The van der Waals surface area contributed by atoms with E-state index in [4.69, 9.17) is 4.74 Å². The number of halogens is 3. The van der Waals surface area contributed by atoms with Crippen molar-refractivity contribution in [2.24, 2.45) is 0 Å². The number of hydrogen-bond acceptors (Lipinski definition) is 4. The first-order chi connectivity index (χ1) is 11.8. The van der Waals surface area contributed by atoms with Crippen LogP contribution in [0, 0.1) is 0 Å². The van der Waals surface area contributed by atoms with E-state index in [1.807, 2.05) is 0 Å². The number of alkyl halides is 3. The van der Waals surface area contributed by atoms with Gasteiger partial charge in [-0.15, -0.1) is 0 Å². The Labute approximate surface area is 140 Å². The zero-order valence-corrected chi connectivity index (χ0v) is 13.0. The second-order valence-corrected chi connectivity index (χ2v) is 5.29. The number of hydrogen-bond donors (Lipinski definition) is 1. The molecule has 25 heavy (non-hydrogen) atoms. The third-order valence-electron chi connectivity index (χ3n) is 3.76. The van der Waals surface area contributed by atoms with E-state index in [9.17, 15) is 23.1 Å². The van der Waals surface area contributed by atoms with Crippen molar-refractivity contribution in [3.8, 4) is 22.6 Å². The predicted molar refractivity (Wildman–Crippen MR) is 86.7 cm³/mol. The molecule has 0 amide bonds. The van der Waals surface area contributed by atoms with Gasteiger partial charge < -0.3 is 9.84 Å². The van der Waals surface area contributed by atoms with E-state index in [-0.39, 0.29) is 16.5 Å². The first kappa shape index (κ1) is 16.8. The second-order valence-electron chi connectivity index (χ2n) is 5.29. The fourth-order valence-electron chi connectivity index (χ4n) is 2.53. The third-order valence-corrected chi connectivity index (χ3v) is 3.76. The van der Waals surface area contributed by atoms with Crippen LogP contribution in [0.25, 0.3) is 22.0 Å². The SMILES string of the molecule is COc1ccc(-c2cc3c(C(F)(F)F)cccc3nc(=O)c2O)cc1. The lowest BCUT2D eigenvalue weighted by Crippen LogP contribution is -2.06. The van der Waals surface area contributed by atoms with Gasteiger partial charge in [0.15, 0.2) is 5.75 Å². The van der Waals surface area contributed by atoms with Crippen LogP contribution in [0.3, 0.4) is 0 Å². The Balaban J connectivity index is 2.39. The van der Waals surface area contributed by atoms with Crippen molar-refractivity contribution in [3.05, 3.63) is 64.4 Å². The minimum Gasteiger partial charge on any atom is -0.503 e. The molecule has 0 saturated heterocycles. The molecule has 1 aromatic heterocycles. The summed E-state index contributed by atoms with van der Waals surface area (Å²) in [7, 11) is 1.47. The Morgan fingerprint density at radius 2 is 1.76 bits per heavy atom. The molecule has 0 bridgehead atoms. The van der Waals surface area contributed by atoms with Gasteiger partial charge in [0.1, 0.15) is 5.75 Å². The van der Waals surface area contributed by atoms with Crippen molar-refractivity contribution in [2.75, 3.05) is 7.11 Å². The highest BCUT2D eigenvalue weighted by molar-refractivity contribution is 5.87. The van der Waals surface area contributed by atoms with Crippen molar-refractivity contribution in [3.63, 3.8) is 0 Å². The molecule has 0 spiro atoms. The number of rotatable bonds is 2. The highest BCUT2D eigenvalue weighted by Gasteiger charge is 2.32. The summed E-state index contributed by atoms with van der Waals surface area (Å²) in [5, 5.41) is 9.89. The van der Waals surface area contributed by atoms with Crippen LogP contribution in [0.1, 0.15) is 5.56 Å². The highest BCUT2D eigenvalue weighted by Crippen LogP contribution is 2.36. The molecule has 0 unspecified atom stereocenters. The summed E-state index contributed by atoms with van der Waals surface area (Å²) in [6.45, 7) is 0. The number of ether oxygens (including phenoxy) is 1. The zero-order valence-electron chi connectivity index (χ0n) is 13.0. The van der Waals surface area contributed by atoms with Crippen LogP contribution in [-0.2, 0) is 6.18 Å². The van der Waals surface area contributed by atoms with E-state index in [1.54, 1.807) is 12.1 Å². The number of fused-ring (bicyclic) bond motifs is 1. The van der Waals surface area contributed by atoms with Gasteiger partial charge in [0.2, 0.25) is 0 Å². The lowest BCUT2D eigenvalue weighted by Gasteiger charge is -2.09. The summed E-state index contributed by atoms with van der Waals surface area (Å²) in [5.41, 5.74) is -1.74. The summed E-state index contributed by atoms with van der Waals surface area (Å²) in [6.07, 6.45) is -4.62. The van der Waals surface area contributed by atoms with Crippen LogP contribution in [0.4, 0.5) is 13.2 Å². The van der Waals surface area contributed by atoms with Gasteiger partial charge in [-0.05, 0) is 35.9 Å². The molecule has 0 radical (unpaired) electrons. The topological polar surface area (TPSA) is 59.4 Å². The number of aromatic nitrogens is 1. The van der Waals surface area contributed by atoms with Crippen LogP contribution in [-0.4, -0.2) is 17.2 Å². The molecule has 1 heterocycles. The van der Waals surface area contributed by atoms with Gasteiger partial charge in [0.05, 0.1) is 18.2 Å². The lowest BCUT2D eigenvalue weighted by atomic mass is 10.0. The first-order valence-corrected chi connectivity index (χ1v) is 7.20. The Morgan fingerprint density at radius 1 is 1.08 bits per heavy atom. The zero-order chi connectivity index (χ0) is 18.2. The number of methoxy groups -OCH3 is 1. The summed E-state index contributed by atoms with van der Waals surface area (Å²) in [4.78, 5) is 15.6. The predicted octanol–water partition coefficient (Wildman–Crippen LogP) is 4.00. The molecular formula is C18H12F3NO3. The molecule has 4 nitrogen and oxygen atoms in total. The van der Waals surface area contributed by atoms with Crippen LogP contribution in [0.5, 0.6) is 11.5 Å². The highest BCUT2D eigenvalue weighted by atomic mass is 19.4. The molecule has 0 atom stereocenters. The molecule has 0 fully saturated rings. The van der Waals surface area contributed by atoms with E-state index in [0.29, 0.717) is 11.3 Å². The standard InChI is InChI=1S/C18H12F3NO3/c1-25-11-7-5-10(6-8-11)12-9-13-14(18(19,20)21)3-2-4-15(13)22-17(24)16(12)23/h2-9H,1H3,(H,22,23,24). The van der Waals surface area contributed by atoms with Crippen LogP contribution in [0.2, 0.25) is 0 Å². The van der Waals surface area contributed by atoms with Crippen molar-refractivity contribution in [1.29, 1.82) is 0 Å². The Bertz CT molecular complexity index is 999. The van der Waals surface area contributed by atoms with Gasteiger partial charge in [-0.3, -0.25) is 4.79 Å².